The standard InChI is InChI=1S/C36H36N2O3/c1-22-18-29(19-25-8-12-27(13-9-25)32-6-4-5-7-33(32)36(40)41)24(3)31-17-14-28(20-34(31)23(22)2)35(39)38-21-26-10-15-30(37)16-11-26/h4-17,20,24,29H,18-19,21,37H2,1-3H3,(H,38,39)(H,40,41). The summed E-state index contributed by atoms with van der Waals surface area (Å²) >= 11 is 0. The summed E-state index contributed by atoms with van der Waals surface area (Å²) in [6, 6.07) is 29.0. The number of hydrogen-bond acceptors (Lipinski definition) is 3. The van der Waals surface area contributed by atoms with Crippen LogP contribution in [-0.2, 0) is 13.0 Å². The number of hydrogen-bond donors (Lipinski definition) is 3. The lowest BCUT2D eigenvalue weighted by molar-refractivity contribution is 0.0697. The van der Waals surface area contributed by atoms with Gasteiger partial charge < -0.3 is 16.2 Å². The van der Waals surface area contributed by atoms with Crippen molar-refractivity contribution >= 4 is 23.1 Å². The first-order valence-electron chi connectivity index (χ1n) is 14.1. The average molecular weight is 545 g/mol. The minimum Gasteiger partial charge on any atom is -0.478 e. The minimum atomic E-state index is -0.921. The van der Waals surface area contributed by atoms with Crippen molar-refractivity contribution in [3.63, 3.8) is 0 Å². The molecule has 2 atom stereocenters. The van der Waals surface area contributed by atoms with Crippen LogP contribution in [0.3, 0.4) is 0 Å². The van der Waals surface area contributed by atoms with Crippen molar-refractivity contribution in [1.82, 2.24) is 5.32 Å². The Morgan fingerprint density at radius 3 is 2.27 bits per heavy atom. The van der Waals surface area contributed by atoms with Crippen molar-refractivity contribution in [2.75, 3.05) is 5.73 Å². The van der Waals surface area contributed by atoms with Gasteiger partial charge in [-0.25, -0.2) is 4.79 Å². The number of amides is 1. The zero-order valence-corrected chi connectivity index (χ0v) is 23.8. The monoisotopic (exact) mass is 544 g/mol. The largest absolute Gasteiger partial charge is 0.478 e. The molecule has 1 aliphatic rings. The number of anilines is 1. The molecule has 5 nitrogen and oxygen atoms in total. The lowest BCUT2D eigenvalue weighted by Gasteiger charge is -2.24. The SMILES string of the molecule is CC1=C(C)c2cc(C(=O)NCc3ccc(N)cc3)ccc2C(C)C(Cc2ccc(-c3ccccc3C(=O)O)cc2)C1. The Balaban J connectivity index is 1.34. The number of fused-ring (bicyclic) bond motifs is 1. The molecular weight excluding hydrogens is 508 g/mol. The normalized spacial score (nSPS) is 16.6. The van der Waals surface area contributed by atoms with Crippen LogP contribution in [-0.4, -0.2) is 17.0 Å². The number of carbonyl (C=O) groups is 2. The molecule has 0 radical (unpaired) electrons. The van der Waals surface area contributed by atoms with Gasteiger partial charge in [0.1, 0.15) is 0 Å². The van der Waals surface area contributed by atoms with Gasteiger partial charge in [0, 0.05) is 17.8 Å². The third-order valence-corrected chi connectivity index (χ3v) is 8.48. The lowest BCUT2D eigenvalue weighted by atomic mass is 9.80. The maximum Gasteiger partial charge on any atom is 0.336 e. The van der Waals surface area contributed by atoms with Crippen molar-refractivity contribution in [2.45, 2.75) is 46.1 Å². The molecule has 1 aliphatic carbocycles. The molecule has 2 unspecified atom stereocenters. The fourth-order valence-electron chi connectivity index (χ4n) is 5.84. The molecule has 41 heavy (non-hydrogen) atoms. The Labute approximate surface area is 241 Å². The van der Waals surface area contributed by atoms with Gasteiger partial charge in [0.15, 0.2) is 0 Å². The van der Waals surface area contributed by atoms with Gasteiger partial charge in [-0.05, 0) is 108 Å². The van der Waals surface area contributed by atoms with Crippen LogP contribution >= 0.6 is 0 Å². The van der Waals surface area contributed by atoms with Crippen LogP contribution in [0.2, 0.25) is 0 Å². The Morgan fingerprint density at radius 2 is 1.56 bits per heavy atom. The Morgan fingerprint density at radius 1 is 0.878 bits per heavy atom. The second-order valence-electron chi connectivity index (χ2n) is 11.1. The van der Waals surface area contributed by atoms with Crippen LogP contribution in [0.25, 0.3) is 16.7 Å². The van der Waals surface area contributed by atoms with Crippen LogP contribution in [0, 0.1) is 5.92 Å². The van der Waals surface area contributed by atoms with E-state index >= 15 is 0 Å². The van der Waals surface area contributed by atoms with E-state index in [2.05, 4.69) is 44.3 Å². The predicted molar refractivity (Wildman–Crippen MR) is 166 cm³/mol. The maximum absolute atomic E-state index is 13.0. The number of carbonyl (C=O) groups excluding carboxylic acids is 1. The second kappa shape index (κ2) is 11.8. The van der Waals surface area contributed by atoms with Crippen LogP contribution < -0.4 is 11.1 Å². The van der Waals surface area contributed by atoms with Gasteiger partial charge in [0.2, 0.25) is 0 Å². The van der Waals surface area contributed by atoms with E-state index in [4.69, 9.17) is 5.73 Å². The molecule has 4 N–H and O–H groups in total. The molecule has 0 heterocycles. The molecule has 208 valence electrons. The number of aromatic carboxylic acids is 1. The summed E-state index contributed by atoms with van der Waals surface area (Å²) in [5.41, 5.74) is 16.3. The van der Waals surface area contributed by atoms with Gasteiger partial charge in [-0.1, -0.05) is 73.2 Å². The molecule has 1 amide bonds. The summed E-state index contributed by atoms with van der Waals surface area (Å²) in [5.74, 6) is -0.311. The highest BCUT2D eigenvalue weighted by atomic mass is 16.4. The third-order valence-electron chi connectivity index (χ3n) is 8.48. The summed E-state index contributed by atoms with van der Waals surface area (Å²) in [6.45, 7) is 7.09. The number of benzene rings is 4. The van der Waals surface area contributed by atoms with Crippen molar-refractivity contribution in [3.8, 4) is 11.1 Å². The molecule has 5 rings (SSSR count). The van der Waals surface area contributed by atoms with E-state index in [1.807, 2.05) is 60.7 Å². The highest BCUT2D eigenvalue weighted by Gasteiger charge is 2.27. The van der Waals surface area contributed by atoms with Crippen molar-refractivity contribution in [2.24, 2.45) is 5.92 Å². The highest BCUT2D eigenvalue weighted by molar-refractivity contribution is 5.96. The molecule has 4 aromatic rings. The van der Waals surface area contributed by atoms with E-state index < -0.39 is 5.97 Å². The Hall–Kier alpha value is -4.64. The molecule has 0 aliphatic heterocycles. The molecule has 0 saturated carbocycles. The van der Waals surface area contributed by atoms with E-state index in [-0.39, 0.29) is 5.91 Å². The van der Waals surface area contributed by atoms with Crippen LogP contribution in [0.15, 0.2) is 96.6 Å². The van der Waals surface area contributed by atoms with E-state index in [1.165, 1.54) is 22.3 Å². The fourth-order valence-corrected chi connectivity index (χ4v) is 5.84. The number of nitrogens with two attached hydrogens (primary N) is 1. The number of carboxylic acids is 1. The van der Waals surface area contributed by atoms with Crippen LogP contribution in [0.5, 0.6) is 0 Å². The molecule has 0 saturated heterocycles. The van der Waals surface area contributed by atoms with Crippen molar-refractivity contribution in [3.05, 3.63) is 130 Å². The predicted octanol–water partition coefficient (Wildman–Crippen LogP) is 7.72. The van der Waals surface area contributed by atoms with E-state index in [9.17, 15) is 14.7 Å². The summed E-state index contributed by atoms with van der Waals surface area (Å²) in [5, 5.41) is 12.6. The van der Waals surface area contributed by atoms with E-state index in [0.717, 1.165) is 35.1 Å². The van der Waals surface area contributed by atoms with E-state index in [0.29, 0.717) is 35.2 Å². The minimum absolute atomic E-state index is 0.0897. The lowest BCUT2D eigenvalue weighted by Crippen LogP contribution is -2.23. The Kier molecular flexibility index (Phi) is 8.06. The molecular formula is C36H36N2O3. The van der Waals surface area contributed by atoms with Gasteiger partial charge in [-0.15, -0.1) is 0 Å². The number of carboxylic acid groups (broad SMARTS) is 1. The molecule has 0 spiro atoms. The third kappa shape index (κ3) is 6.09. The summed E-state index contributed by atoms with van der Waals surface area (Å²) < 4.78 is 0. The first-order chi connectivity index (χ1) is 19.7. The number of allylic oxidation sites excluding steroid dienone is 2. The smallest absolute Gasteiger partial charge is 0.336 e. The number of rotatable bonds is 7. The molecule has 4 aromatic carbocycles. The molecule has 0 bridgehead atoms. The zero-order chi connectivity index (χ0) is 29.1. The Bertz CT molecular complexity index is 1620. The number of nitrogen functional groups attached to an aromatic ring is 1. The summed E-state index contributed by atoms with van der Waals surface area (Å²) in [4.78, 5) is 24.7. The summed E-state index contributed by atoms with van der Waals surface area (Å²) in [6.07, 6.45) is 1.89. The van der Waals surface area contributed by atoms with Gasteiger partial charge in [0.25, 0.3) is 5.91 Å². The van der Waals surface area contributed by atoms with Crippen molar-refractivity contribution < 1.29 is 14.7 Å². The van der Waals surface area contributed by atoms with Gasteiger partial charge in [0.05, 0.1) is 5.56 Å². The summed E-state index contributed by atoms with van der Waals surface area (Å²) in [7, 11) is 0. The van der Waals surface area contributed by atoms with Gasteiger partial charge in [-0.2, -0.15) is 0 Å². The van der Waals surface area contributed by atoms with Gasteiger partial charge in [-0.3, -0.25) is 4.79 Å². The van der Waals surface area contributed by atoms with E-state index in [1.54, 1.807) is 12.1 Å². The topological polar surface area (TPSA) is 92.4 Å². The maximum atomic E-state index is 13.0. The number of nitrogens with one attached hydrogen (secondary N) is 1. The van der Waals surface area contributed by atoms with Crippen LogP contribution in [0.4, 0.5) is 5.69 Å². The highest BCUT2D eigenvalue weighted by Crippen LogP contribution is 2.41. The molecule has 5 heteroatoms. The quantitative estimate of drug-likeness (QED) is 0.208. The zero-order valence-electron chi connectivity index (χ0n) is 23.8. The second-order valence-corrected chi connectivity index (χ2v) is 11.1. The average Bonchev–Trinajstić information content (AvgIpc) is 3.07. The van der Waals surface area contributed by atoms with Crippen molar-refractivity contribution in [1.29, 1.82) is 0 Å². The molecule has 0 aromatic heterocycles. The fraction of sp³-hybridized carbons (Fsp3) is 0.222. The first-order valence-corrected chi connectivity index (χ1v) is 14.1. The van der Waals surface area contributed by atoms with Gasteiger partial charge >= 0.3 is 5.97 Å². The molecule has 0 fully saturated rings. The van der Waals surface area contributed by atoms with Crippen LogP contribution in [0.1, 0.15) is 76.1 Å². The first kappa shape index (κ1) is 27.9.